The number of halogens is 2. The number of rotatable bonds is 2. The number of nitrogen functional groups attached to an aromatic ring is 1. The molecule has 0 saturated carbocycles. The smallest absolute Gasteiger partial charge is 0.205 e. The van der Waals surface area contributed by atoms with E-state index in [0.29, 0.717) is 22.7 Å². The summed E-state index contributed by atoms with van der Waals surface area (Å²) in [6.07, 6.45) is 0. The minimum Gasteiger partial charge on any atom is -0.440 e. The Bertz CT molecular complexity index is 770. The minimum absolute atomic E-state index is 0.0349. The maximum atomic E-state index is 13.5. The van der Waals surface area contributed by atoms with Crippen LogP contribution in [-0.2, 0) is 5.41 Å². The summed E-state index contributed by atoms with van der Waals surface area (Å²) in [5.41, 5.74) is 7.88. The van der Waals surface area contributed by atoms with Crippen LogP contribution >= 0.6 is 11.6 Å². The second-order valence-electron chi connectivity index (χ2n) is 5.50. The predicted octanol–water partition coefficient (Wildman–Crippen LogP) is 4.53. The van der Waals surface area contributed by atoms with Gasteiger partial charge < -0.3 is 10.2 Å². The fourth-order valence-electron chi connectivity index (χ4n) is 2.21. The molecule has 3 nitrogen and oxygen atoms in total. The number of nitrogens with zero attached hydrogens (tertiary/aromatic N) is 1. The summed E-state index contributed by atoms with van der Waals surface area (Å²) in [6.45, 7) is 3.97. The van der Waals surface area contributed by atoms with Crippen molar-refractivity contribution >= 4 is 28.4 Å². The fraction of sp³-hybridized carbons (Fsp3) is 0.188. The van der Waals surface area contributed by atoms with Gasteiger partial charge in [-0.25, -0.2) is 9.37 Å². The highest BCUT2D eigenvalue weighted by atomic mass is 35.5. The van der Waals surface area contributed by atoms with Gasteiger partial charge in [-0.15, -0.1) is 0 Å². The van der Waals surface area contributed by atoms with Gasteiger partial charge in [-0.05, 0) is 37.6 Å². The third-order valence-corrected chi connectivity index (χ3v) is 3.89. The van der Waals surface area contributed by atoms with Crippen LogP contribution in [0.5, 0.6) is 0 Å². The molecule has 2 N–H and O–H groups in total. The van der Waals surface area contributed by atoms with Crippen LogP contribution in [-0.4, -0.2) is 4.98 Å². The molecule has 1 heterocycles. The molecule has 108 valence electrons. The number of oxazole rings is 1. The van der Waals surface area contributed by atoms with Gasteiger partial charge in [0, 0.05) is 11.8 Å². The van der Waals surface area contributed by atoms with Gasteiger partial charge in [0.1, 0.15) is 11.3 Å². The maximum Gasteiger partial charge on any atom is 0.205 e. The molecule has 0 fully saturated rings. The largest absolute Gasteiger partial charge is 0.440 e. The predicted molar refractivity (Wildman–Crippen MR) is 82.0 cm³/mol. The Hall–Kier alpha value is -2.07. The Kier molecular flexibility index (Phi) is 3.14. The highest BCUT2D eigenvalue weighted by Gasteiger charge is 2.29. The molecular formula is C16H14ClFN2O. The van der Waals surface area contributed by atoms with Crippen molar-refractivity contribution in [2.75, 3.05) is 5.73 Å². The van der Waals surface area contributed by atoms with Crippen LogP contribution < -0.4 is 5.73 Å². The summed E-state index contributed by atoms with van der Waals surface area (Å²) in [5, 5.41) is 0.0349. The van der Waals surface area contributed by atoms with Crippen molar-refractivity contribution in [1.29, 1.82) is 0 Å². The minimum atomic E-state index is -0.517. The van der Waals surface area contributed by atoms with Crippen molar-refractivity contribution in [3.63, 3.8) is 0 Å². The summed E-state index contributed by atoms with van der Waals surface area (Å²) in [7, 11) is 0. The van der Waals surface area contributed by atoms with Crippen molar-refractivity contribution in [2.45, 2.75) is 19.3 Å². The Labute approximate surface area is 126 Å². The van der Waals surface area contributed by atoms with Crippen molar-refractivity contribution < 1.29 is 8.81 Å². The summed E-state index contributed by atoms with van der Waals surface area (Å²) in [4.78, 5) is 4.44. The number of anilines is 1. The summed E-state index contributed by atoms with van der Waals surface area (Å²) >= 11 is 5.78. The molecular weight excluding hydrogens is 291 g/mol. The van der Waals surface area contributed by atoms with Gasteiger partial charge in [0.15, 0.2) is 5.58 Å². The summed E-state index contributed by atoms with van der Waals surface area (Å²) < 4.78 is 19.2. The first-order valence-electron chi connectivity index (χ1n) is 6.50. The number of aromatic nitrogens is 1. The van der Waals surface area contributed by atoms with Gasteiger partial charge in [-0.1, -0.05) is 23.7 Å². The van der Waals surface area contributed by atoms with Crippen molar-refractivity contribution in [3.8, 4) is 0 Å². The molecule has 1 aromatic heterocycles. The second kappa shape index (κ2) is 4.74. The first-order valence-corrected chi connectivity index (χ1v) is 6.88. The van der Waals surface area contributed by atoms with Crippen LogP contribution in [0.1, 0.15) is 25.3 Å². The van der Waals surface area contributed by atoms with Gasteiger partial charge in [0.2, 0.25) is 5.89 Å². The third-order valence-electron chi connectivity index (χ3n) is 3.60. The van der Waals surface area contributed by atoms with Gasteiger partial charge >= 0.3 is 0 Å². The van der Waals surface area contributed by atoms with E-state index in [2.05, 4.69) is 4.98 Å². The van der Waals surface area contributed by atoms with Crippen LogP contribution in [0.4, 0.5) is 10.1 Å². The number of benzene rings is 2. The van der Waals surface area contributed by atoms with E-state index in [4.69, 9.17) is 21.8 Å². The highest BCUT2D eigenvalue weighted by molar-refractivity contribution is 6.31. The molecule has 0 radical (unpaired) electrons. The summed E-state index contributed by atoms with van der Waals surface area (Å²) in [6, 6.07) is 10.2. The van der Waals surface area contributed by atoms with E-state index in [0.717, 1.165) is 5.56 Å². The molecule has 0 amide bonds. The average Bonchev–Trinajstić information content (AvgIpc) is 2.83. The monoisotopic (exact) mass is 304 g/mol. The molecule has 3 aromatic rings. The Balaban J connectivity index is 2.12. The summed E-state index contributed by atoms with van der Waals surface area (Å²) in [5.74, 6) is -0.0129. The lowest BCUT2D eigenvalue weighted by Crippen LogP contribution is -2.19. The lowest BCUT2D eigenvalue weighted by Gasteiger charge is -2.21. The molecule has 2 aromatic carbocycles. The molecule has 0 unspecified atom stereocenters. The van der Waals surface area contributed by atoms with Gasteiger partial charge in [0.05, 0.1) is 10.4 Å². The highest BCUT2D eigenvalue weighted by Crippen LogP contribution is 2.34. The Morgan fingerprint density at radius 2 is 1.86 bits per heavy atom. The normalized spacial score (nSPS) is 12.0. The standard InChI is InChI=1S/C16H14ClFN2O/c1-16(2,9-3-5-10(19)6-4-9)15-20-13-7-11(17)12(18)8-14(13)21-15/h3-8H,19H2,1-2H3. The van der Waals surface area contributed by atoms with E-state index in [1.165, 1.54) is 12.1 Å². The van der Waals surface area contributed by atoms with Crippen LogP contribution in [0.25, 0.3) is 11.1 Å². The van der Waals surface area contributed by atoms with Crippen LogP contribution in [0.15, 0.2) is 40.8 Å². The lowest BCUT2D eigenvalue weighted by atomic mass is 9.84. The zero-order valence-corrected chi connectivity index (χ0v) is 12.4. The quantitative estimate of drug-likeness (QED) is 0.708. The third kappa shape index (κ3) is 2.36. The molecule has 5 heteroatoms. The van der Waals surface area contributed by atoms with Crippen molar-refractivity contribution in [1.82, 2.24) is 4.98 Å². The zero-order valence-electron chi connectivity index (χ0n) is 11.7. The molecule has 0 aliphatic rings. The van der Waals surface area contributed by atoms with Crippen molar-refractivity contribution in [3.05, 3.63) is 58.7 Å². The van der Waals surface area contributed by atoms with E-state index < -0.39 is 11.2 Å². The van der Waals surface area contributed by atoms with Crippen LogP contribution in [0.2, 0.25) is 5.02 Å². The molecule has 0 aliphatic carbocycles. The fourth-order valence-corrected chi connectivity index (χ4v) is 2.37. The molecule has 21 heavy (non-hydrogen) atoms. The van der Waals surface area contributed by atoms with Crippen LogP contribution in [0.3, 0.4) is 0 Å². The topological polar surface area (TPSA) is 52.0 Å². The second-order valence-corrected chi connectivity index (χ2v) is 5.91. The van der Waals surface area contributed by atoms with E-state index in [1.54, 1.807) is 0 Å². The molecule has 0 spiro atoms. The number of hydrogen-bond acceptors (Lipinski definition) is 3. The SMILES string of the molecule is CC(C)(c1ccc(N)cc1)c1nc2cc(Cl)c(F)cc2o1. The number of hydrogen-bond donors (Lipinski definition) is 1. The molecule has 0 aliphatic heterocycles. The Morgan fingerprint density at radius 3 is 2.52 bits per heavy atom. The first-order chi connectivity index (χ1) is 9.88. The molecule has 3 rings (SSSR count). The van der Waals surface area contributed by atoms with Crippen LogP contribution in [0, 0.1) is 5.82 Å². The van der Waals surface area contributed by atoms with E-state index >= 15 is 0 Å². The molecule has 0 atom stereocenters. The molecule has 0 bridgehead atoms. The van der Waals surface area contributed by atoms with Gasteiger partial charge in [-0.2, -0.15) is 0 Å². The van der Waals surface area contributed by atoms with Gasteiger partial charge in [0.25, 0.3) is 0 Å². The number of fused-ring (bicyclic) bond motifs is 1. The number of nitrogens with two attached hydrogens (primary N) is 1. The maximum absolute atomic E-state index is 13.5. The van der Waals surface area contributed by atoms with E-state index in [1.807, 2.05) is 38.1 Å². The molecule has 0 saturated heterocycles. The van der Waals surface area contributed by atoms with Gasteiger partial charge in [-0.3, -0.25) is 0 Å². The Morgan fingerprint density at radius 1 is 1.19 bits per heavy atom. The first kappa shape index (κ1) is 13.9. The van der Waals surface area contributed by atoms with E-state index in [-0.39, 0.29) is 5.02 Å². The lowest BCUT2D eigenvalue weighted by molar-refractivity contribution is 0.433. The average molecular weight is 305 g/mol. The zero-order chi connectivity index (χ0) is 15.2. The van der Waals surface area contributed by atoms with Crippen molar-refractivity contribution in [2.24, 2.45) is 0 Å². The van der Waals surface area contributed by atoms with E-state index in [9.17, 15) is 4.39 Å².